The van der Waals surface area contributed by atoms with Gasteiger partial charge in [-0.15, -0.1) is 11.8 Å². The van der Waals surface area contributed by atoms with Crippen molar-refractivity contribution in [3.05, 3.63) is 11.8 Å². The summed E-state index contributed by atoms with van der Waals surface area (Å²) in [5.74, 6) is 0. The fraction of sp³-hybridized carbons (Fsp3) is 0.333. The van der Waals surface area contributed by atoms with E-state index in [1.54, 1.807) is 22.5 Å². The predicted molar refractivity (Wildman–Crippen MR) is 40.4 cm³/mol. The van der Waals surface area contributed by atoms with Gasteiger partial charge in [0.25, 0.3) is 0 Å². The second kappa shape index (κ2) is 2.88. The highest BCUT2D eigenvalue weighted by molar-refractivity contribution is 7.98. The van der Waals surface area contributed by atoms with E-state index in [2.05, 4.69) is 5.10 Å². The first kappa shape index (κ1) is 7.34. The Morgan fingerprint density at radius 1 is 1.80 bits per heavy atom. The number of hydrogen-bond acceptors (Lipinski definition) is 3. The third-order valence-corrected chi connectivity index (χ3v) is 1.99. The second-order valence-electron chi connectivity index (χ2n) is 1.85. The predicted octanol–water partition coefficient (Wildman–Crippen LogP) is 0.955. The fourth-order valence-corrected chi connectivity index (χ4v) is 1.26. The molecule has 0 unspecified atom stereocenters. The molecule has 0 aromatic carbocycles. The molecule has 0 aliphatic carbocycles. The molecule has 0 fully saturated rings. The molecule has 4 heteroatoms. The average Bonchev–Trinajstić information content (AvgIpc) is 2.30. The van der Waals surface area contributed by atoms with Crippen molar-refractivity contribution in [2.75, 3.05) is 6.26 Å². The van der Waals surface area contributed by atoms with Crippen molar-refractivity contribution in [3.63, 3.8) is 0 Å². The summed E-state index contributed by atoms with van der Waals surface area (Å²) in [4.78, 5) is 10.2. The molecule has 0 saturated carbocycles. The number of aldehydes is 1. The second-order valence-corrected chi connectivity index (χ2v) is 2.68. The summed E-state index contributed by atoms with van der Waals surface area (Å²) in [6, 6.07) is 1.76. The van der Waals surface area contributed by atoms with Crippen molar-refractivity contribution in [3.8, 4) is 0 Å². The Labute approximate surface area is 63.4 Å². The number of rotatable bonds is 2. The van der Waals surface area contributed by atoms with E-state index >= 15 is 0 Å². The molecule has 1 heterocycles. The third-order valence-electron chi connectivity index (χ3n) is 1.19. The van der Waals surface area contributed by atoms with E-state index < -0.39 is 0 Å². The largest absolute Gasteiger partial charge is 0.296 e. The van der Waals surface area contributed by atoms with Crippen LogP contribution in [0.5, 0.6) is 0 Å². The van der Waals surface area contributed by atoms with Crippen LogP contribution < -0.4 is 0 Å². The van der Waals surface area contributed by atoms with Crippen molar-refractivity contribution in [1.82, 2.24) is 9.78 Å². The van der Waals surface area contributed by atoms with Gasteiger partial charge in [-0.25, -0.2) is 0 Å². The minimum absolute atomic E-state index is 0.492. The molecule has 0 atom stereocenters. The number of nitrogens with zero attached hydrogens (tertiary/aromatic N) is 2. The van der Waals surface area contributed by atoms with Crippen LogP contribution in [0.4, 0.5) is 0 Å². The van der Waals surface area contributed by atoms with Crippen molar-refractivity contribution in [2.24, 2.45) is 7.05 Å². The summed E-state index contributed by atoms with van der Waals surface area (Å²) in [5, 5.41) is 4.93. The Morgan fingerprint density at radius 3 is 2.80 bits per heavy atom. The molecule has 1 aromatic rings. The zero-order valence-electron chi connectivity index (χ0n) is 5.87. The highest BCUT2D eigenvalue weighted by Gasteiger charge is 2.00. The van der Waals surface area contributed by atoms with Crippen LogP contribution in [0.3, 0.4) is 0 Å². The van der Waals surface area contributed by atoms with Gasteiger partial charge >= 0.3 is 0 Å². The fourth-order valence-electron chi connectivity index (χ4n) is 0.720. The van der Waals surface area contributed by atoms with Crippen LogP contribution in [0, 0.1) is 0 Å². The average molecular weight is 156 g/mol. The molecule has 1 aromatic heterocycles. The zero-order chi connectivity index (χ0) is 7.56. The van der Waals surface area contributed by atoms with Gasteiger partial charge in [-0.05, 0) is 6.26 Å². The molecule has 0 amide bonds. The quantitative estimate of drug-likeness (QED) is 0.472. The molecular weight excluding hydrogens is 148 g/mol. The maximum absolute atomic E-state index is 10.2. The van der Waals surface area contributed by atoms with Crippen molar-refractivity contribution >= 4 is 18.0 Å². The van der Waals surface area contributed by atoms with Crippen molar-refractivity contribution in [2.45, 2.75) is 5.03 Å². The standard InChI is InChI=1S/C6H8N2OS/c1-8-6(10-2)3-5(4-9)7-8/h3-4H,1-2H3. The zero-order valence-corrected chi connectivity index (χ0v) is 6.68. The number of aromatic nitrogens is 2. The molecule has 3 nitrogen and oxygen atoms in total. The van der Waals surface area contributed by atoms with E-state index in [-0.39, 0.29) is 0 Å². The van der Waals surface area contributed by atoms with Gasteiger partial charge in [0.05, 0.1) is 5.03 Å². The Balaban J connectivity index is 3.03. The molecule has 54 valence electrons. The lowest BCUT2D eigenvalue weighted by atomic mass is 10.5. The molecule has 1 rings (SSSR count). The monoisotopic (exact) mass is 156 g/mol. The minimum atomic E-state index is 0.492. The van der Waals surface area contributed by atoms with Crippen LogP contribution in [0.1, 0.15) is 10.5 Å². The maximum Gasteiger partial charge on any atom is 0.170 e. The normalized spacial score (nSPS) is 9.80. The number of carbonyl (C=O) groups is 1. The van der Waals surface area contributed by atoms with Gasteiger partial charge in [-0.1, -0.05) is 0 Å². The summed E-state index contributed by atoms with van der Waals surface area (Å²) in [6.45, 7) is 0. The maximum atomic E-state index is 10.2. The van der Waals surface area contributed by atoms with Gasteiger partial charge in [-0.3, -0.25) is 9.48 Å². The summed E-state index contributed by atoms with van der Waals surface area (Å²) in [6.07, 6.45) is 2.70. The van der Waals surface area contributed by atoms with Gasteiger partial charge in [0.1, 0.15) is 5.69 Å². The summed E-state index contributed by atoms with van der Waals surface area (Å²) in [5.41, 5.74) is 0.492. The van der Waals surface area contributed by atoms with Crippen molar-refractivity contribution < 1.29 is 4.79 Å². The Hall–Kier alpha value is -0.770. The van der Waals surface area contributed by atoms with E-state index in [1.165, 1.54) is 0 Å². The summed E-state index contributed by atoms with van der Waals surface area (Å²) in [7, 11) is 1.82. The van der Waals surface area contributed by atoms with Crippen LogP contribution in [-0.4, -0.2) is 22.3 Å². The Morgan fingerprint density at radius 2 is 2.50 bits per heavy atom. The molecular formula is C6H8N2OS. The molecule has 0 saturated heterocycles. The lowest BCUT2D eigenvalue weighted by Gasteiger charge is -1.92. The number of hydrogen-bond donors (Lipinski definition) is 0. The van der Waals surface area contributed by atoms with E-state index in [1.807, 2.05) is 13.3 Å². The molecule has 0 spiro atoms. The SMILES string of the molecule is CSc1cc(C=O)nn1C. The van der Waals surface area contributed by atoms with Crippen molar-refractivity contribution in [1.29, 1.82) is 0 Å². The van der Waals surface area contributed by atoms with E-state index in [9.17, 15) is 4.79 Å². The van der Waals surface area contributed by atoms with Gasteiger partial charge < -0.3 is 0 Å². The highest BCUT2D eigenvalue weighted by Crippen LogP contribution is 2.13. The summed E-state index contributed by atoms with van der Waals surface area (Å²) >= 11 is 1.57. The Kier molecular flexibility index (Phi) is 2.11. The van der Waals surface area contributed by atoms with Crippen LogP contribution in [-0.2, 0) is 7.05 Å². The van der Waals surface area contributed by atoms with E-state index in [0.29, 0.717) is 5.69 Å². The number of thioether (sulfide) groups is 1. The van der Waals surface area contributed by atoms with Crippen LogP contribution in [0.2, 0.25) is 0 Å². The molecule has 10 heavy (non-hydrogen) atoms. The molecule has 0 radical (unpaired) electrons. The van der Waals surface area contributed by atoms with Gasteiger partial charge in [0.2, 0.25) is 0 Å². The summed E-state index contributed by atoms with van der Waals surface area (Å²) < 4.78 is 1.69. The molecule has 0 aliphatic rings. The lowest BCUT2D eigenvalue weighted by molar-refractivity contribution is 0.111. The highest BCUT2D eigenvalue weighted by atomic mass is 32.2. The van der Waals surface area contributed by atoms with Crippen LogP contribution in [0.15, 0.2) is 11.1 Å². The molecule has 0 aliphatic heterocycles. The smallest absolute Gasteiger partial charge is 0.170 e. The number of aryl methyl sites for hydroxylation is 1. The Bertz CT molecular complexity index is 244. The number of carbonyl (C=O) groups excluding carboxylic acids is 1. The van der Waals surface area contributed by atoms with E-state index in [0.717, 1.165) is 11.3 Å². The van der Waals surface area contributed by atoms with Crippen LogP contribution >= 0.6 is 11.8 Å². The third kappa shape index (κ3) is 1.21. The first-order valence-electron chi connectivity index (χ1n) is 2.81. The minimum Gasteiger partial charge on any atom is -0.296 e. The molecule has 0 bridgehead atoms. The van der Waals surface area contributed by atoms with Gasteiger partial charge in [-0.2, -0.15) is 5.10 Å². The molecule has 0 N–H and O–H groups in total. The first-order valence-corrected chi connectivity index (χ1v) is 4.03. The van der Waals surface area contributed by atoms with E-state index in [4.69, 9.17) is 0 Å². The van der Waals surface area contributed by atoms with Gasteiger partial charge in [0, 0.05) is 13.1 Å². The van der Waals surface area contributed by atoms with Gasteiger partial charge in [0.15, 0.2) is 6.29 Å². The topological polar surface area (TPSA) is 34.9 Å². The first-order chi connectivity index (χ1) is 4.77. The van der Waals surface area contributed by atoms with Crippen LogP contribution in [0.25, 0.3) is 0 Å². The lowest BCUT2D eigenvalue weighted by Crippen LogP contribution is -1.92.